The molecule has 2 aromatic carbocycles. The number of halogens is 2. The second-order valence-corrected chi connectivity index (χ2v) is 9.66. The molecule has 4 aromatic rings. The zero-order chi connectivity index (χ0) is 24.5. The quantitative estimate of drug-likeness (QED) is 0.311. The van der Waals surface area contributed by atoms with Crippen LogP contribution in [-0.4, -0.2) is 31.7 Å². The zero-order valence-corrected chi connectivity index (χ0v) is 20.3. The van der Waals surface area contributed by atoms with Crippen molar-refractivity contribution in [3.63, 3.8) is 0 Å². The van der Waals surface area contributed by atoms with Crippen molar-refractivity contribution in [3.8, 4) is 22.6 Å². The monoisotopic (exact) mass is 510 g/mol. The number of aryl methyl sites for hydroxylation is 1. The van der Waals surface area contributed by atoms with Gasteiger partial charge in [-0.2, -0.15) is 5.10 Å². The molecule has 0 radical (unpaired) electrons. The summed E-state index contributed by atoms with van der Waals surface area (Å²) >= 11 is 12.1. The van der Waals surface area contributed by atoms with Crippen LogP contribution in [0.1, 0.15) is 43.0 Å². The van der Waals surface area contributed by atoms with Crippen LogP contribution in [0.2, 0.25) is 10.0 Å². The van der Waals surface area contributed by atoms with Crippen LogP contribution in [0.5, 0.6) is 11.5 Å². The van der Waals surface area contributed by atoms with Crippen molar-refractivity contribution in [3.05, 3.63) is 76.3 Å². The van der Waals surface area contributed by atoms with E-state index in [0.717, 1.165) is 47.3 Å². The van der Waals surface area contributed by atoms with Gasteiger partial charge in [0.25, 0.3) is 0 Å². The number of nitrogens with two attached hydrogens (primary N) is 1. The van der Waals surface area contributed by atoms with Crippen LogP contribution in [0.15, 0.2) is 54.9 Å². The van der Waals surface area contributed by atoms with E-state index in [1.165, 1.54) is 0 Å². The van der Waals surface area contributed by atoms with E-state index in [0.29, 0.717) is 28.0 Å². The number of ether oxygens (including phenoxy) is 1. The summed E-state index contributed by atoms with van der Waals surface area (Å²) in [6.45, 7) is 0. The molecule has 3 N–H and O–H groups in total. The van der Waals surface area contributed by atoms with Gasteiger partial charge in [0.1, 0.15) is 11.5 Å². The molecular formula is C26H24Cl2N4O3. The predicted molar refractivity (Wildman–Crippen MR) is 135 cm³/mol. The summed E-state index contributed by atoms with van der Waals surface area (Å²) in [4.78, 5) is 15.9. The largest absolute Gasteiger partial charge is 0.481 e. The second kappa shape index (κ2) is 9.85. The number of nitrogens with zero attached hydrogens (tertiary/aromatic N) is 3. The molecule has 7 nitrogen and oxygen atoms in total. The van der Waals surface area contributed by atoms with E-state index in [1.807, 2.05) is 41.2 Å². The highest BCUT2D eigenvalue weighted by Crippen LogP contribution is 2.36. The number of hydrogen-bond acceptors (Lipinski definition) is 5. The molecule has 1 saturated carbocycles. The number of carboxylic acids is 1. The van der Waals surface area contributed by atoms with Crippen molar-refractivity contribution >= 4 is 34.7 Å². The van der Waals surface area contributed by atoms with Gasteiger partial charge in [0.2, 0.25) is 0 Å². The lowest BCUT2D eigenvalue weighted by atomic mass is 10.00. The SMILES string of the molecule is NC1CCC(c2ncc3c(-c4ccc(Oc5ccc(Cl)c(Cl)c5)cc4)c(CCC(=O)O)cn3n2)C1. The van der Waals surface area contributed by atoms with E-state index in [1.54, 1.807) is 18.2 Å². The Balaban J connectivity index is 1.47. The molecule has 5 rings (SSSR count). The summed E-state index contributed by atoms with van der Waals surface area (Å²) in [5, 5.41) is 14.9. The first-order valence-corrected chi connectivity index (χ1v) is 12.2. The van der Waals surface area contributed by atoms with Gasteiger partial charge < -0.3 is 15.6 Å². The van der Waals surface area contributed by atoms with E-state index in [4.69, 9.17) is 38.8 Å². The van der Waals surface area contributed by atoms with Crippen LogP contribution in [-0.2, 0) is 11.2 Å². The van der Waals surface area contributed by atoms with Crippen molar-refractivity contribution < 1.29 is 14.6 Å². The van der Waals surface area contributed by atoms with E-state index in [-0.39, 0.29) is 18.4 Å². The molecule has 180 valence electrons. The minimum atomic E-state index is -0.844. The first-order chi connectivity index (χ1) is 16.9. The second-order valence-electron chi connectivity index (χ2n) is 8.84. The van der Waals surface area contributed by atoms with Gasteiger partial charge in [-0.25, -0.2) is 9.50 Å². The zero-order valence-electron chi connectivity index (χ0n) is 18.8. The molecule has 9 heteroatoms. The van der Waals surface area contributed by atoms with Gasteiger partial charge in [-0.3, -0.25) is 4.79 Å². The number of aliphatic carboxylic acids is 1. The number of aromatic nitrogens is 3. The summed E-state index contributed by atoms with van der Waals surface area (Å²) in [5.74, 6) is 1.40. The first kappa shape index (κ1) is 23.6. The van der Waals surface area contributed by atoms with Crippen LogP contribution in [0.3, 0.4) is 0 Å². The molecule has 0 spiro atoms. The standard InChI is InChI=1S/C26H24Cl2N4O3/c27-21-9-8-20(12-22(21)28)35-19-6-2-15(3-7-19)25-17(4-10-24(33)34)14-32-23(25)13-30-26(31-32)16-1-5-18(29)11-16/h2-3,6-9,12-14,16,18H,1,4-5,10-11,29H2,(H,33,34). The maximum atomic E-state index is 11.3. The summed E-state index contributed by atoms with van der Waals surface area (Å²) in [7, 11) is 0. The fraction of sp³-hybridized carbons (Fsp3) is 0.269. The summed E-state index contributed by atoms with van der Waals surface area (Å²) in [6.07, 6.45) is 6.99. The Kier molecular flexibility index (Phi) is 6.65. The third kappa shape index (κ3) is 5.12. The Morgan fingerprint density at radius 3 is 2.57 bits per heavy atom. The van der Waals surface area contributed by atoms with Crippen molar-refractivity contribution in [2.45, 2.75) is 44.1 Å². The average Bonchev–Trinajstić information content (AvgIpc) is 3.43. The van der Waals surface area contributed by atoms with Gasteiger partial charge in [0.05, 0.1) is 21.8 Å². The molecule has 0 amide bonds. The lowest BCUT2D eigenvalue weighted by Gasteiger charge is -2.10. The van der Waals surface area contributed by atoms with Gasteiger partial charge in [-0.15, -0.1) is 0 Å². The number of rotatable bonds is 7. The van der Waals surface area contributed by atoms with E-state index >= 15 is 0 Å². The Labute approximate surface area is 212 Å². The van der Waals surface area contributed by atoms with Crippen LogP contribution in [0.4, 0.5) is 0 Å². The lowest BCUT2D eigenvalue weighted by Crippen LogP contribution is -2.15. The Hall–Kier alpha value is -3.13. The van der Waals surface area contributed by atoms with Crippen molar-refractivity contribution in [2.24, 2.45) is 5.73 Å². The number of carboxylic acid groups (broad SMARTS) is 1. The normalized spacial score (nSPS) is 17.7. The molecule has 0 bridgehead atoms. The average molecular weight is 511 g/mol. The predicted octanol–water partition coefficient (Wildman–Crippen LogP) is 6.11. The van der Waals surface area contributed by atoms with Crippen LogP contribution in [0.25, 0.3) is 16.6 Å². The molecule has 1 fully saturated rings. The molecule has 2 unspecified atom stereocenters. The van der Waals surface area contributed by atoms with Crippen LogP contribution >= 0.6 is 23.2 Å². The van der Waals surface area contributed by atoms with Crippen molar-refractivity contribution in [1.29, 1.82) is 0 Å². The molecule has 2 aromatic heterocycles. The fourth-order valence-electron chi connectivity index (χ4n) is 4.60. The fourth-order valence-corrected chi connectivity index (χ4v) is 4.89. The molecule has 35 heavy (non-hydrogen) atoms. The molecule has 0 saturated heterocycles. The molecule has 0 aliphatic heterocycles. The van der Waals surface area contributed by atoms with Crippen LogP contribution in [0, 0.1) is 0 Å². The van der Waals surface area contributed by atoms with Gasteiger partial charge in [-0.05, 0) is 61.1 Å². The van der Waals surface area contributed by atoms with Gasteiger partial charge in [0, 0.05) is 36.2 Å². The highest BCUT2D eigenvalue weighted by atomic mass is 35.5. The van der Waals surface area contributed by atoms with Gasteiger partial charge in [-0.1, -0.05) is 35.3 Å². The molecule has 1 aliphatic rings. The third-order valence-corrected chi connectivity index (χ3v) is 7.09. The molecule has 2 atom stereocenters. The summed E-state index contributed by atoms with van der Waals surface area (Å²) in [6, 6.07) is 12.9. The maximum Gasteiger partial charge on any atom is 0.303 e. The molecular weight excluding hydrogens is 487 g/mol. The van der Waals surface area contributed by atoms with E-state index < -0.39 is 5.97 Å². The number of hydrogen-bond donors (Lipinski definition) is 2. The van der Waals surface area contributed by atoms with Crippen molar-refractivity contribution in [2.75, 3.05) is 0 Å². The molecule has 1 aliphatic carbocycles. The van der Waals surface area contributed by atoms with Crippen molar-refractivity contribution in [1.82, 2.24) is 14.6 Å². The summed E-state index contributed by atoms with van der Waals surface area (Å²) in [5.41, 5.74) is 9.66. The minimum Gasteiger partial charge on any atom is -0.481 e. The van der Waals surface area contributed by atoms with E-state index in [9.17, 15) is 9.90 Å². The number of carbonyl (C=O) groups is 1. The minimum absolute atomic E-state index is 0.0279. The Morgan fingerprint density at radius 1 is 1.11 bits per heavy atom. The number of benzene rings is 2. The molecule has 2 heterocycles. The highest BCUT2D eigenvalue weighted by molar-refractivity contribution is 6.42. The lowest BCUT2D eigenvalue weighted by molar-refractivity contribution is -0.136. The highest BCUT2D eigenvalue weighted by Gasteiger charge is 2.26. The Morgan fingerprint density at radius 2 is 1.89 bits per heavy atom. The Bertz CT molecular complexity index is 1390. The maximum absolute atomic E-state index is 11.3. The topological polar surface area (TPSA) is 103 Å². The van der Waals surface area contributed by atoms with Gasteiger partial charge >= 0.3 is 5.97 Å². The number of fused-ring (bicyclic) bond motifs is 1. The summed E-state index contributed by atoms with van der Waals surface area (Å²) < 4.78 is 7.72. The van der Waals surface area contributed by atoms with Crippen LogP contribution < -0.4 is 10.5 Å². The van der Waals surface area contributed by atoms with Gasteiger partial charge in [0.15, 0.2) is 5.82 Å². The smallest absolute Gasteiger partial charge is 0.303 e. The first-order valence-electron chi connectivity index (χ1n) is 11.5. The van der Waals surface area contributed by atoms with E-state index in [2.05, 4.69) is 4.98 Å². The third-order valence-electron chi connectivity index (χ3n) is 6.35.